The summed E-state index contributed by atoms with van der Waals surface area (Å²) < 4.78 is 9.26. The van der Waals surface area contributed by atoms with Crippen molar-refractivity contribution < 1.29 is 4.42 Å². The Kier molecular flexibility index (Phi) is 7.51. The first-order valence-electron chi connectivity index (χ1n) is 22.0. The lowest BCUT2D eigenvalue weighted by Gasteiger charge is -2.36. The molecule has 2 aromatic heterocycles. The molecule has 0 N–H and O–H groups in total. The van der Waals surface area contributed by atoms with Gasteiger partial charge in [0.25, 0.3) is 0 Å². The third kappa shape index (κ3) is 4.85. The van der Waals surface area contributed by atoms with Crippen LogP contribution in [0.5, 0.6) is 0 Å². The van der Waals surface area contributed by atoms with Gasteiger partial charge in [-0.3, -0.25) is 0 Å². The predicted octanol–water partition coefficient (Wildman–Crippen LogP) is 17.1. The first-order chi connectivity index (χ1) is 31.8. The summed E-state index contributed by atoms with van der Waals surface area (Å²) in [5.74, 6) is 0. The van der Waals surface area contributed by atoms with Gasteiger partial charge in [-0.25, -0.2) is 0 Å². The highest BCUT2D eigenvalue weighted by Crippen LogP contribution is 2.64. The molecule has 1 atom stereocenters. The highest BCUT2D eigenvalue weighted by molar-refractivity contribution is 7.26. The number of nitrogens with zero attached hydrogens (tertiary/aromatic N) is 1. The summed E-state index contributed by atoms with van der Waals surface area (Å²) in [5.41, 5.74) is 19.4. The van der Waals surface area contributed by atoms with Crippen molar-refractivity contribution >= 4 is 70.5 Å². The number of hydrogen-bond acceptors (Lipinski definition) is 3. The second-order valence-corrected chi connectivity index (χ2v) is 18.1. The number of hydrogen-bond donors (Lipinski definition) is 0. The Morgan fingerprint density at radius 3 is 1.77 bits per heavy atom. The number of furan rings is 1. The molecule has 1 spiro atoms. The van der Waals surface area contributed by atoms with Gasteiger partial charge in [-0.1, -0.05) is 176 Å². The lowest BCUT2D eigenvalue weighted by atomic mass is 9.65. The van der Waals surface area contributed by atoms with Crippen LogP contribution < -0.4 is 4.90 Å². The van der Waals surface area contributed by atoms with Crippen LogP contribution in [0.3, 0.4) is 0 Å². The van der Waals surface area contributed by atoms with E-state index >= 15 is 0 Å². The van der Waals surface area contributed by atoms with Crippen LogP contribution in [0.1, 0.15) is 22.3 Å². The SMILES string of the molecule is c1ccc(-c2ccccc2N(c2ccc3c(c2)C2(c4ccccc4-c4ccccc4-3)c3ccccc3-c3c2ccc2c3sc3ccccc32)c2ccc3c(c2)oc2ccccc23)cc1. The Morgan fingerprint density at radius 2 is 0.938 bits per heavy atom. The van der Waals surface area contributed by atoms with E-state index in [0.29, 0.717) is 0 Å². The maximum absolute atomic E-state index is 6.60. The number of rotatable bonds is 4. The van der Waals surface area contributed by atoms with Gasteiger partial charge in [0.15, 0.2) is 0 Å². The van der Waals surface area contributed by atoms with Crippen LogP contribution in [0.2, 0.25) is 0 Å². The Hall–Kier alpha value is -7.98. The second kappa shape index (κ2) is 13.5. The summed E-state index contributed by atoms with van der Waals surface area (Å²) in [6.45, 7) is 0. The minimum absolute atomic E-state index is 0.648. The Labute approximate surface area is 374 Å². The molecule has 10 aromatic carbocycles. The van der Waals surface area contributed by atoms with Crippen LogP contribution in [0.4, 0.5) is 17.1 Å². The summed E-state index contributed by atoms with van der Waals surface area (Å²) in [6, 6.07) is 83.0. The summed E-state index contributed by atoms with van der Waals surface area (Å²) >= 11 is 1.92. The summed E-state index contributed by atoms with van der Waals surface area (Å²) in [4.78, 5) is 2.45. The summed E-state index contributed by atoms with van der Waals surface area (Å²) in [7, 11) is 0. The molecule has 0 bridgehead atoms. The van der Waals surface area contributed by atoms with Gasteiger partial charge >= 0.3 is 0 Å². The quantitative estimate of drug-likeness (QED) is 0.176. The molecule has 0 fully saturated rings. The van der Waals surface area contributed by atoms with Gasteiger partial charge in [0, 0.05) is 59.5 Å². The Morgan fingerprint density at radius 1 is 0.359 bits per heavy atom. The smallest absolute Gasteiger partial charge is 0.137 e. The van der Waals surface area contributed by atoms with E-state index in [-0.39, 0.29) is 0 Å². The molecule has 0 saturated carbocycles. The molecule has 2 nitrogen and oxygen atoms in total. The van der Waals surface area contributed by atoms with Crippen molar-refractivity contribution in [3.63, 3.8) is 0 Å². The van der Waals surface area contributed by atoms with Crippen molar-refractivity contribution in [3.05, 3.63) is 247 Å². The highest BCUT2D eigenvalue weighted by atomic mass is 32.1. The average Bonchev–Trinajstić information content (AvgIpc) is 4.00. The van der Waals surface area contributed by atoms with Crippen molar-refractivity contribution in [3.8, 4) is 44.5 Å². The molecule has 0 amide bonds. The fraction of sp³-hybridized carbons (Fsp3) is 0.0164. The van der Waals surface area contributed by atoms with E-state index in [1.165, 1.54) is 75.8 Å². The molecule has 298 valence electrons. The topological polar surface area (TPSA) is 16.4 Å². The third-order valence-corrected chi connectivity index (χ3v) is 15.1. The molecule has 0 aliphatic heterocycles. The molecule has 2 aliphatic carbocycles. The number of thiophene rings is 1. The largest absolute Gasteiger partial charge is 0.456 e. The predicted molar refractivity (Wildman–Crippen MR) is 268 cm³/mol. The standard InChI is InChI=1S/C61H37NOS/c1-2-16-38(17-3-1)41-18-8-13-27-55(41)62(40-31-33-47-46-22-9-14-28-56(46)63-57(47)37-40)39-30-32-45-43-20-5-4-19-42(43)44-21-6-11-25-51(44)61(54(45)36-39)52-26-12-7-24-50(52)59-53(61)35-34-49-48-23-10-15-29-58(48)64-60(49)59/h1-37H. The Bertz CT molecular complexity index is 3870. The van der Waals surface area contributed by atoms with Crippen LogP contribution in [0.15, 0.2) is 229 Å². The van der Waals surface area contributed by atoms with E-state index < -0.39 is 5.41 Å². The molecular formula is C61H37NOS. The van der Waals surface area contributed by atoms with Gasteiger partial charge in [0.1, 0.15) is 11.2 Å². The van der Waals surface area contributed by atoms with E-state index in [4.69, 9.17) is 4.42 Å². The highest BCUT2D eigenvalue weighted by Gasteiger charge is 2.50. The van der Waals surface area contributed by atoms with Gasteiger partial charge in [0.05, 0.1) is 11.1 Å². The van der Waals surface area contributed by atoms with Gasteiger partial charge in [-0.05, 0) is 98.1 Å². The van der Waals surface area contributed by atoms with E-state index in [1.807, 2.05) is 17.4 Å². The monoisotopic (exact) mass is 831 g/mol. The first kappa shape index (κ1) is 35.6. The van der Waals surface area contributed by atoms with E-state index in [1.54, 1.807) is 0 Å². The molecule has 0 radical (unpaired) electrons. The third-order valence-electron chi connectivity index (χ3n) is 13.9. The fourth-order valence-corrected chi connectivity index (χ4v) is 12.6. The lowest BCUT2D eigenvalue weighted by Crippen LogP contribution is -2.29. The van der Waals surface area contributed by atoms with Crippen LogP contribution in [-0.4, -0.2) is 0 Å². The average molecular weight is 832 g/mol. The number of fused-ring (bicyclic) bond motifs is 19. The zero-order valence-electron chi connectivity index (χ0n) is 34.6. The molecule has 2 aliphatic rings. The zero-order valence-corrected chi connectivity index (χ0v) is 35.4. The molecule has 2 heterocycles. The van der Waals surface area contributed by atoms with E-state index in [2.05, 4.69) is 223 Å². The maximum Gasteiger partial charge on any atom is 0.137 e. The van der Waals surface area contributed by atoms with Crippen LogP contribution in [-0.2, 0) is 5.41 Å². The zero-order chi connectivity index (χ0) is 41.9. The van der Waals surface area contributed by atoms with Gasteiger partial charge < -0.3 is 9.32 Å². The second-order valence-electron chi connectivity index (χ2n) is 17.1. The van der Waals surface area contributed by atoms with Crippen molar-refractivity contribution in [2.45, 2.75) is 5.41 Å². The molecular weight excluding hydrogens is 795 g/mol. The molecule has 64 heavy (non-hydrogen) atoms. The minimum atomic E-state index is -0.648. The maximum atomic E-state index is 6.60. The van der Waals surface area contributed by atoms with Crippen LogP contribution in [0, 0.1) is 0 Å². The van der Waals surface area contributed by atoms with Crippen LogP contribution >= 0.6 is 11.3 Å². The Balaban J connectivity index is 1.12. The minimum Gasteiger partial charge on any atom is -0.456 e. The number of anilines is 3. The molecule has 3 heteroatoms. The number of benzene rings is 10. The van der Waals surface area contributed by atoms with Gasteiger partial charge in [-0.2, -0.15) is 0 Å². The van der Waals surface area contributed by atoms with Crippen molar-refractivity contribution in [2.75, 3.05) is 4.90 Å². The molecule has 0 saturated heterocycles. The molecule has 1 unspecified atom stereocenters. The van der Waals surface area contributed by atoms with Gasteiger partial charge in [0.2, 0.25) is 0 Å². The molecule has 12 aromatic rings. The van der Waals surface area contributed by atoms with Crippen molar-refractivity contribution in [1.29, 1.82) is 0 Å². The fourth-order valence-electron chi connectivity index (χ4n) is 11.3. The van der Waals surface area contributed by atoms with Crippen molar-refractivity contribution in [2.24, 2.45) is 0 Å². The van der Waals surface area contributed by atoms with E-state index in [0.717, 1.165) is 50.1 Å². The first-order valence-corrected chi connectivity index (χ1v) is 22.8. The van der Waals surface area contributed by atoms with Gasteiger partial charge in [-0.15, -0.1) is 11.3 Å². The summed E-state index contributed by atoms with van der Waals surface area (Å²) in [6.07, 6.45) is 0. The van der Waals surface area contributed by atoms with Crippen molar-refractivity contribution in [1.82, 2.24) is 0 Å². The summed E-state index contributed by atoms with van der Waals surface area (Å²) in [5, 5.41) is 4.86. The number of para-hydroxylation sites is 2. The molecule has 14 rings (SSSR count). The normalized spacial score (nSPS) is 14.6. The van der Waals surface area contributed by atoms with E-state index in [9.17, 15) is 0 Å². The lowest BCUT2D eigenvalue weighted by molar-refractivity contribution is 0.669. The van der Waals surface area contributed by atoms with Crippen LogP contribution in [0.25, 0.3) is 86.6 Å².